The number of fused-ring (bicyclic) bond motifs is 2. The Morgan fingerprint density at radius 1 is 1.10 bits per heavy atom. The van der Waals surface area contributed by atoms with Crippen molar-refractivity contribution < 1.29 is 14.4 Å². The average molecular weight is 667 g/mol. The number of benzene rings is 3. The number of nitrogens with zero attached hydrogens (tertiary/aromatic N) is 1. The van der Waals surface area contributed by atoms with Gasteiger partial charge in [-0.15, -0.1) is 23.1 Å². The molecule has 11 heteroatoms. The highest BCUT2D eigenvalue weighted by molar-refractivity contribution is 9.10. The van der Waals surface area contributed by atoms with E-state index in [2.05, 4.69) is 44.0 Å². The summed E-state index contributed by atoms with van der Waals surface area (Å²) < 4.78 is 1.99. The topological polar surface area (TPSA) is 117 Å². The number of urea groups is 1. The predicted molar refractivity (Wildman–Crippen MR) is 176 cm³/mol. The van der Waals surface area contributed by atoms with Gasteiger partial charge in [0.2, 0.25) is 5.91 Å². The van der Waals surface area contributed by atoms with Crippen LogP contribution in [0.25, 0.3) is 20.5 Å². The van der Waals surface area contributed by atoms with Gasteiger partial charge in [0.15, 0.2) is 0 Å². The molecule has 8 nitrogen and oxygen atoms in total. The molecule has 1 aromatic heterocycles. The fourth-order valence-electron chi connectivity index (χ4n) is 4.82. The molecule has 0 aliphatic carbocycles. The summed E-state index contributed by atoms with van der Waals surface area (Å²) in [5.74, 6) is 0.0371. The highest BCUT2D eigenvalue weighted by Gasteiger charge is 2.32. The van der Waals surface area contributed by atoms with E-state index >= 15 is 0 Å². The van der Waals surface area contributed by atoms with Crippen molar-refractivity contribution in [2.45, 2.75) is 43.3 Å². The summed E-state index contributed by atoms with van der Waals surface area (Å²) in [6.45, 7) is 3.92. The lowest BCUT2D eigenvalue weighted by molar-refractivity contribution is -0.127. The van der Waals surface area contributed by atoms with Crippen molar-refractivity contribution in [3.8, 4) is 10.4 Å². The highest BCUT2D eigenvalue weighted by atomic mass is 79.9. The molecule has 0 radical (unpaired) electrons. The molecule has 218 valence electrons. The number of thioether (sulfide) groups is 1. The Labute approximate surface area is 261 Å². The molecule has 3 aromatic carbocycles. The largest absolute Gasteiger partial charge is 0.343 e. The van der Waals surface area contributed by atoms with Gasteiger partial charge in [-0.25, -0.2) is 4.79 Å². The van der Waals surface area contributed by atoms with E-state index in [4.69, 9.17) is 5.73 Å². The second-order valence-corrected chi connectivity index (χ2v) is 13.7. The van der Waals surface area contributed by atoms with E-state index in [0.717, 1.165) is 41.1 Å². The maximum atomic E-state index is 13.9. The molecule has 1 aliphatic heterocycles. The Balaban J connectivity index is 1.47. The lowest BCUT2D eigenvalue weighted by Gasteiger charge is -2.27. The van der Waals surface area contributed by atoms with E-state index < -0.39 is 11.6 Å². The van der Waals surface area contributed by atoms with Crippen molar-refractivity contribution in [3.63, 3.8) is 0 Å². The number of amides is 4. The second kappa shape index (κ2) is 12.5. The number of hydrogen-bond donors (Lipinski definition) is 4. The van der Waals surface area contributed by atoms with Crippen molar-refractivity contribution in [2.24, 2.45) is 5.73 Å². The summed E-state index contributed by atoms with van der Waals surface area (Å²) in [6, 6.07) is 20.7. The molecule has 0 unspecified atom stereocenters. The van der Waals surface area contributed by atoms with Crippen LogP contribution in [-0.2, 0) is 16.1 Å². The number of hydrogen-bond acceptors (Lipinski definition) is 6. The number of carbonyl (C=O) groups excluding carboxylic acids is 3. The molecule has 0 saturated heterocycles. The Morgan fingerprint density at radius 2 is 1.83 bits per heavy atom. The van der Waals surface area contributed by atoms with Crippen LogP contribution >= 0.6 is 39.0 Å². The molecule has 0 saturated carbocycles. The molecule has 5 rings (SSSR count). The smallest absolute Gasteiger partial charge is 0.318 e. The van der Waals surface area contributed by atoms with Gasteiger partial charge in [-0.1, -0.05) is 36.4 Å². The van der Waals surface area contributed by atoms with Crippen LogP contribution < -0.4 is 26.6 Å². The van der Waals surface area contributed by atoms with Crippen LogP contribution in [0.1, 0.15) is 25.8 Å². The first-order chi connectivity index (χ1) is 20.0. The molecule has 42 heavy (non-hydrogen) atoms. The molecular weight excluding hydrogens is 634 g/mol. The zero-order chi connectivity index (χ0) is 30.0. The van der Waals surface area contributed by atoms with E-state index in [1.165, 1.54) is 0 Å². The van der Waals surface area contributed by atoms with Crippen molar-refractivity contribution in [2.75, 3.05) is 23.0 Å². The van der Waals surface area contributed by atoms with Crippen molar-refractivity contribution in [1.82, 2.24) is 10.6 Å². The third-order valence-electron chi connectivity index (χ3n) is 6.76. The number of para-hydroxylation sites is 2. The third-order valence-corrected chi connectivity index (χ3v) is 10.2. The van der Waals surface area contributed by atoms with Gasteiger partial charge < -0.3 is 26.6 Å². The number of halogens is 1. The summed E-state index contributed by atoms with van der Waals surface area (Å²) in [4.78, 5) is 42.4. The average Bonchev–Trinajstić information content (AvgIpc) is 3.21. The van der Waals surface area contributed by atoms with Crippen LogP contribution in [-0.4, -0.2) is 42.2 Å². The second-order valence-electron chi connectivity index (χ2n) is 10.8. The predicted octanol–water partition coefficient (Wildman–Crippen LogP) is 6.33. The standard InChI is InChI=1S/C31H32BrN5O3S2/c1-31(2,33)15-26(38)35-22-17-41-25-11-7-6-10-23(25)37(29(22)39)16-18-12-13-24-20(14-18)27(32)28(42-24)19-8-4-5-9-21(19)36-30(40)34-3/h4-14,22H,15-17,33H2,1-3H3,(H,35,38)(H2,34,36,40)/t22-/m1/s1. The van der Waals surface area contributed by atoms with Crippen molar-refractivity contribution in [3.05, 3.63) is 76.8 Å². The first-order valence-electron chi connectivity index (χ1n) is 13.4. The number of nitrogens with two attached hydrogens (primary N) is 1. The minimum absolute atomic E-state index is 0.126. The maximum absolute atomic E-state index is 13.9. The van der Waals surface area contributed by atoms with Crippen LogP contribution in [0.4, 0.5) is 16.2 Å². The fraction of sp³-hybridized carbons (Fsp3) is 0.258. The van der Waals surface area contributed by atoms with Crippen molar-refractivity contribution in [1.29, 1.82) is 0 Å². The lowest BCUT2D eigenvalue weighted by Crippen LogP contribution is -2.51. The minimum atomic E-state index is -0.676. The third kappa shape index (κ3) is 6.64. The molecule has 0 spiro atoms. The monoisotopic (exact) mass is 665 g/mol. The molecule has 4 amide bonds. The van der Waals surface area contributed by atoms with Gasteiger partial charge in [-0.05, 0) is 65.7 Å². The van der Waals surface area contributed by atoms with Crippen LogP contribution in [0.2, 0.25) is 0 Å². The van der Waals surface area contributed by atoms with Gasteiger partial charge >= 0.3 is 6.03 Å². The minimum Gasteiger partial charge on any atom is -0.343 e. The Hall–Kier alpha value is -3.38. The van der Waals surface area contributed by atoms with Gasteiger partial charge in [-0.2, -0.15) is 0 Å². The van der Waals surface area contributed by atoms with E-state index in [0.29, 0.717) is 18.0 Å². The summed E-state index contributed by atoms with van der Waals surface area (Å²) in [5, 5.41) is 9.44. The summed E-state index contributed by atoms with van der Waals surface area (Å²) >= 11 is 7.00. The summed E-state index contributed by atoms with van der Waals surface area (Å²) in [6.07, 6.45) is 0.126. The first-order valence-corrected chi connectivity index (χ1v) is 16.0. The van der Waals surface area contributed by atoms with Gasteiger partial charge in [0.1, 0.15) is 6.04 Å². The van der Waals surface area contributed by atoms with E-state index in [1.807, 2.05) is 54.6 Å². The Bertz CT molecular complexity index is 1670. The summed E-state index contributed by atoms with van der Waals surface area (Å²) in [7, 11) is 1.58. The number of thiophene rings is 1. The van der Waals surface area contributed by atoms with Crippen LogP contribution in [0.3, 0.4) is 0 Å². The molecule has 0 fully saturated rings. The molecule has 0 bridgehead atoms. The fourth-order valence-corrected chi connectivity index (χ4v) is 7.93. The quantitative estimate of drug-likeness (QED) is 0.184. The number of rotatable bonds is 7. The van der Waals surface area contributed by atoms with Crippen molar-refractivity contribution >= 4 is 78.3 Å². The molecule has 4 aromatic rings. The van der Waals surface area contributed by atoms with E-state index in [9.17, 15) is 14.4 Å². The lowest BCUT2D eigenvalue weighted by atomic mass is 10.0. The zero-order valence-corrected chi connectivity index (χ0v) is 26.7. The molecular formula is C31H32BrN5O3S2. The maximum Gasteiger partial charge on any atom is 0.318 e. The van der Waals surface area contributed by atoms with E-state index in [1.54, 1.807) is 48.9 Å². The zero-order valence-electron chi connectivity index (χ0n) is 23.5. The van der Waals surface area contributed by atoms with Crippen LogP contribution in [0, 0.1) is 0 Å². The molecule has 2 heterocycles. The van der Waals surface area contributed by atoms with Gasteiger partial charge in [0, 0.05) is 49.8 Å². The summed E-state index contributed by atoms with van der Waals surface area (Å²) in [5.41, 5.74) is 8.77. The normalized spacial score (nSPS) is 15.2. The molecule has 1 aliphatic rings. The number of carbonyl (C=O) groups is 3. The molecule has 5 N–H and O–H groups in total. The number of anilines is 2. The van der Waals surface area contributed by atoms with E-state index in [-0.39, 0.29) is 24.3 Å². The number of nitrogens with one attached hydrogen (secondary N) is 3. The highest BCUT2D eigenvalue weighted by Crippen LogP contribution is 2.45. The van der Waals surface area contributed by atoms with Gasteiger partial charge in [0.25, 0.3) is 5.91 Å². The van der Waals surface area contributed by atoms with Crippen LogP contribution in [0.5, 0.6) is 0 Å². The van der Waals surface area contributed by atoms with Gasteiger partial charge in [-0.3, -0.25) is 9.59 Å². The van der Waals surface area contributed by atoms with Gasteiger partial charge in [0.05, 0.1) is 22.8 Å². The molecule has 1 atom stereocenters. The van der Waals surface area contributed by atoms with Crippen LogP contribution in [0.15, 0.2) is 76.1 Å². The SMILES string of the molecule is CNC(=O)Nc1ccccc1-c1sc2ccc(CN3C(=O)[C@H](NC(=O)CC(C)(C)N)CSc4ccccc43)cc2c1Br. The Morgan fingerprint density at radius 3 is 2.60 bits per heavy atom. The Kier molecular flexibility index (Phi) is 8.93. The first kappa shape index (κ1) is 30.1.